The molecule has 2 aromatic carbocycles. The number of ether oxygens (including phenoxy) is 1. The molecule has 0 saturated carbocycles. The molecule has 0 spiro atoms. The van der Waals surface area contributed by atoms with Gasteiger partial charge in [0.2, 0.25) is 0 Å². The first-order chi connectivity index (χ1) is 12.8. The molecule has 3 rings (SSSR count). The lowest BCUT2D eigenvalue weighted by atomic mass is 10.0. The van der Waals surface area contributed by atoms with Crippen molar-refractivity contribution < 1.29 is 27.1 Å². The molecule has 1 aliphatic heterocycles. The number of hydrogen-bond acceptors (Lipinski definition) is 3. The molecule has 27 heavy (non-hydrogen) atoms. The zero-order valence-electron chi connectivity index (χ0n) is 13.9. The summed E-state index contributed by atoms with van der Waals surface area (Å²) in [6.45, 7) is -2.96. The fraction of sp³-hybridized carbons (Fsp3) is 0.222. The summed E-state index contributed by atoms with van der Waals surface area (Å²) in [7, 11) is 0. The monoisotopic (exact) mass is 381 g/mol. The average molecular weight is 381 g/mol. The Labute approximate surface area is 152 Å². The van der Waals surface area contributed by atoms with Gasteiger partial charge in [-0.2, -0.15) is 8.78 Å². The normalized spacial score (nSPS) is 16.7. The standard InChI is InChI=1S/C18H15F4N3O2/c19-11-7-10(8-12(20)9-11)15-5-6-16(23)25(15)18(26)24-13-1-3-14(4-2-13)27-17(21)22/h1-4,7-9,15,17,23H,5-6H2,(H,24,26). The van der Waals surface area contributed by atoms with Gasteiger partial charge in [0, 0.05) is 18.2 Å². The Morgan fingerprint density at radius 1 is 1.15 bits per heavy atom. The average Bonchev–Trinajstić information content (AvgIpc) is 2.97. The van der Waals surface area contributed by atoms with Crippen LogP contribution in [0.15, 0.2) is 42.5 Å². The molecule has 1 atom stereocenters. The van der Waals surface area contributed by atoms with E-state index in [4.69, 9.17) is 5.41 Å². The van der Waals surface area contributed by atoms with Gasteiger partial charge >= 0.3 is 12.6 Å². The molecule has 1 heterocycles. The number of urea groups is 1. The van der Waals surface area contributed by atoms with Crippen LogP contribution in [0.3, 0.4) is 0 Å². The molecule has 5 nitrogen and oxygen atoms in total. The van der Waals surface area contributed by atoms with E-state index < -0.39 is 30.3 Å². The number of alkyl halides is 2. The second kappa shape index (κ2) is 7.65. The second-order valence-electron chi connectivity index (χ2n) is 5.91. The summed E-state index contributed by atoms with van der Waals surface area (Å²) in [6, 6.07) is 6.91. The largest absolute Gasteiger partial charge is 0.435 e. The summed E-state index contributed by atoms with van der Waals surface area (Å²) in [4.78, 5) is 13.7. The minimum absolute atomic E-state index is 0.0137. The van der Waals surface area contributed by atoms with Gasteiger partial charge in [-0.3, -0.25) is 10.3 Å². The van der Waals surface area contributed by atoms with Crippen LogP contribution >= 0.6 is 0 Å². The highest BCUT2D eigenvalue weighted by atomic mass is 19.3. The molecule has 0 radical (unpaired) electrons. The summed E-state index contributed by atoms with van der Waals surface area (Å²) < 4.78 is 55.6. The number of nitrogens with zero attached hydrogens (tertiary/aromatic N) is 1. The minimum Gasteiger partial charge on any atom is -0.435 e. The Balaban J connectivity index is 1.76. The van der Waals surface area contributed by atoms with Gasteiger partial charge in [-0.1, -0.05) is 0 Å². The van der Waals surface area contributed by atoms with Crippen molar-refractivity contribution in [3.05, 3.63) is 59.7 Å². The summed E-state index contributed by atoms with van der Waals surface area (Å²) in [5.74, 6) is -1.58. The number of carbonyl (C=O) groups is 1. The maximum Gasteiger partial charge on any atom is 0.387 e. The zero-order chi connectivity index (χ0) is 19.6. The molecule has 1 unspecified atom stereocenters. The molecule has 0 bridgehead atoms. The van der Waals surface area contributed by atoms with E-state index in [9.17, 15) is 22.4 Å². The number of amides is 2. The first kappa shape index (κ1) is 18.7. The van der Waals surface area contributed by atoms with Gasteiger partial charge in [-0.25, -0.2) is 13.6 Å². The molecule has 2 N–H and O–H groups in total. The lowest BCUT2D eigenvalue weighted by molar-refractivity contribution is -0.0498. The summed E-state index contributed by atoms with van der Waals surface area (Å²) in [5.41, 5.74) is 0.552. The molecule has 2 aromatic rings. The fourth-order valence-electron chi connectivity index (χ4n) is 2.96. The lowest BCUT2D eigenvalue weighted by Gasteiger charge is -2.25. The van der Waals surface area contributed by atoms with Gasteiger partial charge in [-0.15, -0.1) is 0 Å². The van der Waals surface area contributed by atoms with E-state index in [0.717, 1.165) is 23.1 Å². The highest BCUT2D eigenvalue weighted by Crippen LogP contribution is 2.34. The zero-order valence-corrected chi connectivity index (χ0v) is 13.9. The van der Waals surface area contributed by atoms with E-state index in [-0.39, 0.29) is 23.6 Å². The number of rotatable bonds is 4. The molecule has 0 aromatic heterocycles. The van der Waals surface area contributed by atoms with Crippen LogP contribution in [0, 0.1) is 17.0 Å². The van der Waals surface area contributed by atoms with Crippen molar-refractivity contribution in [1.29, 1.82) is 5.41 Å². The van der Waals surface area contributed by atoms with E-state index in [0.29, 0.717) is 12.1 Å². The highest BCUT2D eigenvalue weighted by molar-refractivity contribution is 6.03. The summed E-state index contributed by atoms with van der Waals surface area (Å²) in [6.07, 6.45) is 0.633. The van der Waals surface area contributed by atoms with Crippen molar-refractivity contribution in [3.8, 4) is 5.75 Å². The van der Waals surface area contributed by atoms with Gasteiger partial charge in [0.1, 0.15) is 23.2 Å². The molecule has 1 saturated heterocycles. The highest BCUT2D eigenvalue weighted by Gasteiger charge is 2.35. The third-order valence-electron chi connectivity index (χ3n) is 4.08. The Morgan fingerprint density at radius 2 is 1.78 bits per heavy atom. The van der Waals surface area contributed by atoms with Crippen molar-refractivity contribution >= 4 is 17.6 Å². The lowest BCUT2D eigenvalue weighted by Crippen LogP contribution is -2.37. The maximum absolute atomic E-state index is 13.5. The van der Waals surface area contributed by atoms with Crippen LogP contribution in [0.1, 0.15) is 24.4 Å². The molecule has 142 valence electrons. The van der Waals surface area contributed by atoms with E-state index >= 15 is 0 Å². The van der Waals surface area contributed by atoms with Crippen LogP contribution in [-0.4, -0.2) is 23.4 Å². The van der Waals surface area contributed by atoms with Gasteiger partial charge in [-0.05, 0) is 48.4 Å². The topological polar surface area (TPSA) is 65.4 Å². The van der Waals surface area contributed by atoms with Crippen molar-refractivity contribution in [2.75, 3.05) is 5.32 Å². The number of anilines is 1. The van der Waals surface area contributed by atoms with Crippen molar-refractivity contribution in [2.45, 2.75) is 25.5 Å². The first-order valence-corrected chi connectivity index (χ1v) is 8.02. The molecular formula is C18H15F4N3O2. The van der Waals surface area contributed by atoms with E-state index in [1.807, 2.05) is 0 Å². The maximum atomic E-state index is 13.5. The first-order valence-electron chi connectivity index (χ1n) is 8.02. The van der Waals surface area contributed by atoms with Gasteiger partial charge in [0.25, 0.3) is 0 Å². The molecule has 2 amide bonds. The Bertz CT molecular complexity index is 838. The second-order valence-corrected chi connectivity index (χ2v) is 5.91. The molecule has 1 aliphatic rings. The third kappa shape index (κ3) is 4.36. The molecule has 1 fully saturated rings. The Morgan fingerprint density at radius 3 is 2.37 bits per heavy atom. The Hall–Kier alpha value is -3.10. The number of benzene rings is 2. The number of likely N-dealkylation sites (tertiary alicyclic amines) is 1. The number of hydrogen-bond donors (Lipinski definition) is 2. The van der Waals surface area contributed by atoms with Crippen LogP contribution in [-0.2, 0) is 0 Å². The number of amidine groups is 1. The van der Waals surface area contributed by atoms with E-state index in [1.165, 1.54) is 24.3 Å². The Kier molecular flexibility index (Phi) is 5.29. The van der Waals surface area contributed by atoms with Crippen molar-refractivity contribution in [3.63, 3.8) is 0 Å². The van der Waals surface area contributed by atoms with Crippen molar-refractivity contribution in [2.24, 2.45) is 0 Å². The summed E-state index contributed by atoms with van der Waals surface area (Å²) in [5, 5.41) is 10.5. The predicted octanol–water partition coefficient (Wildman–Crippen LogP) is 4.91. The van der Waals surface area contributed by atoms with E-state index in [2.05, 4.69) is 10.1 Å². The van der Waals surface area contributed by atoms with Gasteiger partial charge in [0.05, 0.1) is 6.04 Å². The smallest absolute Gasteiger partial charge is 0.387 e. The van der Waals surface area contributed by atoms with Crippen molar-refractivity contribution in [1.82, 2.24) is 4.90 Å². The van der Waals surface area contributed by atoms with Gasteiger partial charge < -0.3 is 10.1 Å². The van der Waals surface area contributed by atoms with Crippen LogP contribution in [0.4, 0.5) is 28.0 Å². The predicted molar refractivity (Wildman–Crippen MR) is 90.0 cm³/mol. The minimum atomic E-state index is -2.96. The third-order valence-corrected chi connectivity index (χ3v) is 4.08. The van der Waals surface area contributed by atoms with Crippen LogP contribution in [0.2, 0.25) is 0 Å². The van der Waals surface area contributed by atoms with Crippen LogP contribution < -0.4 is 10.1 Å². The van der Waals surface area contributed by atoms with Crippen LogP contribution in [0.25, 0.3) is 0 Å². The number of nitrogens with one attached hydrogen (secondary N) is 2. The van der Waals surface area contributed by atoms with E-state index in [1.54, 1.807) is 0 Å². The van der Waals surface area contributed by atoms with Crippen LogP contribution in [0.5, 0.6) is 5.75 Å². The molecule has 0 aliphatic carbocycles. The number of carbonyl (C=O) groups excluding carboxylic acids is 1. The molecular weight excluding hydrogens is 366 g/mol. The quantitative estimate of drug-likeness (QED) is 0.739. The summed E-state index contributed by atoms with van der Waals surface area (Å²) >= 11 is 0. The number of halogens is 4. The fourth-order valence-corrected chi connectivity index (χ4v) is 2.96. The SMILES string of the molecule is N=C1CCC(c2cc(F)cc(F)c2)N1C(=O)Nc1ccc(OC(F)F)cc1. The molecule has 9 heteroatoms. The van der Waals surface area contributed by atoms with Gasteiger partial charge in [0.15, 0.2) is 0 Å².